The lowest BCUT2D eigenvalue weighted by molar-refractivity contribution is 0.720. The van der Waals surface area contributed by atoms with Crippen molar-refractivity contribution < 1.29 is 0 Å². The van der Waals surface area contributed by atoms with Crippen LogP contribution in [-0.4, -0.2) is 15.2 Å². The molecule has 0 aromatic carbocycles. The van der Waals surface area contributed by atoms with Crippen LogP contribution in [-0.2, 0) is 0 Å². The summed E-state index contributed by atoms with van der Waals surface area (Å²) in [5, 5.41) is 0.756. The highest BCUT2D eigenvalue weighted by Crippen LogP contribution is 2.46. The van der Waals surface area contributed by atoms with Gasteiger partial charge < -0.3 is 0 Å². The Kier molecular flexibility index (Phi) is 3.91. The smallest absolute Gasteiger partial charge is 0.147 e. The molecule has 0 aromatic heterocycles. The molecule has 0 nitrogen and oxygen atoms in total. The van der Waals surface area contributed by atoms with Crippen molar-refractivity contribution in [1.82, 2.24) is 0 Å². The summed E-state index contributed by atoms with van der Waals surface area (Å²) in [5.41, 5.74) is 0. The molecule has 0 amide bonds. The Hall–Kier alpha value is 0.724. The molecule has 0 spiro atoms. The van der Waals surface area contributed by atoms with Gasteiger partial charge in [0, 0.05) is 0 Å². The maximum Gasteiger partial charge on any atom is 0.147 e. The second-order valence-corrected chi connectivity index (χ2v) is 20.9. The van der Waals surface area contributed by atoms with Gasteiger partial charge in [0.25, 0.3) is 0 Å². The molecule has 0 aliphatic heterocycles. The lowest BCUT2D eigenvalue weighted by Gasteiger charge is -2.43. The normalized spacial score (nSPS) is 18.9. The fraction of sp³-hybridized carbons (Fsp3) is 1.00. The van der Waals surface area contributed by atoms with Gasteiger partial charge in [0.1, 0.15) is 6.90 Å². The molecule has 13 heavy (non-hydrogen) atoms. The van der Waals surface area contributed by atoms with E-state index < -0.39 is 15.2 Å². The fourth-order valence-electron chi connectivity index (χ4n) is 1.27. The van der Waals surface area contributed by atoms with E-state index in [0.717, 1.165) is 0 Å². The molecule has 0 saturated heterocycles. The zero-order valence-corrected chi connectivity index (χ0v) is 13.1. The summed E-state index contributed by atoms with van der Waals surface area (Å²) in [4.78, 5) is 0. The molecule has 1 radical (unpaired) electrons. The third-order valence-electron chi connectivity index (χ3n) is 3.24. The maximum atomic E-state index is 6.83. The Morgan fingerprint density at radius 1 is 1.00 bits per heavy atom. The van der Waals surface area contributed by atoms with Crippen molar-refractivity contribution in [3.63, 3.8) is 0 Å². The molecule has 1 unspecified atom stereocenters. The third kappa shape index (κ3) is 3.10. The highest BCUT2D eigenvalue weighted by atomic mass is 35.6. The Balaban J connectivity index is 4.86. The summed E-state index contributed by atoms with van der Waals surface area (Å²) in [6.07, 6.45) is 0. The number of hydrogen-bond donors (Lipinski definition) is 0. The SMILES string of the molecule is C[Si](C(C)(C)C)[Si](C)(Cl)C(C)(C)C. The molecular formula is C10H24ClSi2. The highest BCUT2D eigenvalue weighted by Gasteiger charge is 2.48. The monoisotopic (exact) mass is 235 g/mol. The van der Waals surface area contributed by atoms with E-state index in [1.54, 1.807) is 0 Å². The summed E-state index contributed by atoms with van der Waals surface area (Å²) in [6, 6.07) is 0. The van der Waals surface area contributed by atoms with Gasteiger partial charge >= 0.3 is 0 Å². The summed E-state index contributed by atoms with van der Waals surface area (Å²) in [6.45, 7) is 17.1. The third-order valence-corrected chi connectivity index (χ3v) is 22.7. The molecule has 79 valence electrons. The van der Waals surface area contributed by atoms with Crippen LogP contribution < -0.4 is 0 Å². The van der Waals surface area contributed by atoms with Crippen molar-refractivity contribution >= 4 is 26.3 Å². The van der Waals surface area contributed by atoms with E-state index in [2.05, 4.69) is 54.6 Å². The van der Waals surface area contributed by atoms with Gasteiger partial charge in [0.05, 0.1) is 8.31 Å². The molecule has 0 N–H and O–H groups in total. The van der Waals surface area contributed by atoms with Gasteiger partial charge in [-0.25, -0.2) is 0 Å². The van der Waals surface area contributed by atoms with E-state index in [1.165, 1.54) is 0 Å². The summed E-state index contributed by atoms with van der Waals surface area (Å²) in [7, 11) is -0.434. The van der Waals surface area contributed by atoms with Crippen molar-refractivity contribution in [1.29, 1.82) is 0 Å². The van der Waals surface area contributed by atoms with Gasteiger partial charge in [-0.1, -0.05) is 54.6 Å². The summed E-state index contributed by atoms with van der Waals surface area (Å²) >= 11 is 6.83. The Morgan fingerprint density at radius 3 is 1.38 bits per heavy atom. The molecule has 0 aliphatic rings. The fourth-order valence-corrected chi connectivity index (χ4v) is 14.0. The van der Waals surface area contributed by atoms with Crippen LogP contribution in [0.15, 0.2) is 0 Å². The summed E-state index contributed by atoms with van der Waals surface area (Å²) in [5.74, 6) is 0. The Morgan fingerprint density at radius 2 is 1.31 bits per heavy atom. The van der Waals surface area contributed by atoms with E-state index in [9.17, 15) is 0 Å². The first-order chi connectivity index (χ1) is 5.40. The molecule has 0 heterocycles. The van der Waals surface area contributed by atoms with E-state index in [-0.39, 0.29) is 0 Å². The van der Waals surface area contributed by atoms with Crippen LogP contribution in [0.25, 0.3) is 0 Å². The predicted octanol–water partition coefficient (Wildman–Crippen LogP) is 4.60. The Labute approximate surface area is 91.2 Å². The van der Waals surface area contributed by atoms with Crippen LogP contribution in [0.3, 0.4) is 0 Å². The molecule has 3 heteroatoms. The molecule has 0 saturated carbocycles. The maximum absolute atomic E-state index is 6.83. The van der Waals surface area contributed by atoms with Crippen LogP contribution >= 0.6 is 11.1 Å². The van der Waals surface area contributed by atoms with Crippen molar-refractivity contribution in [3.05, 3.63) is 0 Å². The predicted molar refractivity (Wildman–Crippen MR) is 68.5 cm³/mol. The van der Waals surface area contributed by atoms with Gasteiger partial charge in [-0.2, -0.15) is 11.1 Å². The Bertz CT molecular complexity index is 174. The van der Waals surface area contributed by atoms with E-state index in [4.69, 9.17) is 11.1 Å². The highest BCUT2D eigenvalue weighted by molar-refractivity contribution is 7.54. The number of rotatable bonds is 1. The van der Waals surface area contributed by atoms with Crippen LogP contribution in [0.1, 0.15) is 41.5 Å². The van der Waals surface area contributed by atoms with Crippen LogP contribution in [0.5, 0.6) is 0 Å². The van der Waals surface area contributed by atoms with Crippen molar-refractivity contribution in [2.24, 2.45) is 0 Å². The van der Waals surface area contributed by atoms with Gasteiger partial charge in [0.15, 0.2) is 0 Å². The first-order valence-corrected chi connectivity index (χ1v) is 11.5. The molecule has 1 atom stereocenters. The molecule has 0 fully saturated rings. The van der Waals surface area contributed by atoms with Crippen molar-refractivity contribution in [2.45, 2.75) is 64.7 Å². The van der Waals surface area contributed by atoms with Crippen molar-refractivity contribution in [2.75, 3.05) is 0 Å². The molecule has 0 aliphatic carbocycles. The first kappa shape index (κ1) is 13.7. The topological polar surface area (TPSA) is 0 Å². The van der Waals surface area contributed by atoms with Gasteiger partial charge in [-0.3, -0.25) is 0 Å². The van der Waals surface area contributed by atoms with Crippen LogP contribution in [0, 0.1) is 0 Å². The molecule has 0 aromatic rings. The zero-order valence-electron chi connectivity index (χ0n) is 10.4. The van der Waals surface area contributed by atoms with Crippen LogP contribution in [0.4, 0.5) is 0 Å². The molecule has 0 rings (SSSR count). The lowest BCUT2D eigenvalue weighted by atomic mass is 10.2. The lowest BCUT2D eigenvalue weighted by Crippen LogP contribution is -2.53. The second-order valence-electron chi connectivity index (χ2n) is 6.13. The zero-order chi connectivity index (χ0) is 11.1. The average molecular weight is 236 g/mol. The largest absolute Gasteiger partial charge is 0.171 e. The van der Waals surface area contributed by atoms with Gasteiger partial charge in [-0.15, -0.1) is 0 Å². The average Bonchev–Trinajstić information content (AvgIpc) is 1.81. The minimum Gasteiger partial charge on any atom is -0.171 e. The van der Waals surface area contributed by atoms with Gasteiger partial charge in [0.2, 0.25) is 0 Å². The molecular weight excluding hydrogens is 212 g/mol. The second kappa shape index (κ2) is 3.71. The first-order valence-electron chi connectivity index (χ1n) is 4.94. The summed E-state index contributed by atoms with van der Waals surface area (Å²) < 4.78 is 0. The molecule has 0 bridgehead atoms. The standard InChI is InChI=1S/C10H24ClSi2/c1-9(2,3)12(7)13(8,11)10(4,5)6/h1-8H3. The number of hydrogen-bond acceptors (Lipinski definition) is 0. The van der Waals surface area contributed by atoms with E-state index >= 15 is 0 Å². The minimum atomic E-state index is -1.57. The number of halogens is 1. The van der Waals surface area contributed by atoms with Crippen LogP contribution in [0.2, 0.25) is 23.2 Å². The van der Waals surface area contributed by atoms with Crippen molar-refractivity contribution in [3.8, 4) is 0 Å². The minimum absolute atomic E-state index is 0.324. The van der Waals surface area contributed by atoms with E-state index in [0.29, 0.717) is 10.1 Å². The van der Waals surface area contributed by atoms with Gasteiger partial charge in [-0.05, 0) is 10.1 Å². The van der Waals surface area contributed by atoms with E-state index in [1.807, 2.05) is 0 Å². The quantitative estimate of drug-likeness (QED) is 0.460.